The van der Waals surface area contributed by atoms with Gasteiger partial charge in [-0.2, -0.15) is 5.26 Å². The fourth-order valence-electron chi connectivity index (χ4n) is 3.09. The van der Waals surface area contributed by atoms with Gasteiger partial charge in [-0.1, -0.05) is 36.0 Å². The van der Waals surface area contributed by atoms with Crippen LogP contribution in [0.1, 0.15) is 36.7 Å². The maximum atomic E-state index is 13.2. The van der Waals surface area contributed by atoms with E-state index in [-0.39, 0.29) is 12.0 Å². The Hall–Kier alpha value is -2.98. The number of piperazine rings is 1. The summed E-state index contributed by atoms with van der Waals surface area (Å²) < 4.78 is 5.42. The van der Waals surface area contributed by atoms with Crippen LogP contribution in [-0.4, -0.2) is 53.6 Å². The first-order valence-electron chi connectivity index (χ1n) is 9.82. The number of carbonyl (C=O) groups is 2. The van der Waals surface area contributed by atoms with Crippen LogP contribution in [0.25, 0.3) is 0 Å². The van der Waals surface area contributed by atoms with Crippen molar-refractivity contribution in [1.82, 2.24) is 9.80 Å². The molecule has 0 N–H and O–H groups in total. The second-order valence-corrected chi connectivity index (χ2v) is 9.05. The summed E-state index contributed by atoms with van der Waals surface area (Å²) in [6.07, 6.45) is -0.348. The van der Waals surface area contributed by atoms with Gasteiger partial charge in [0.1, 0.15) is 11.7 Å². The van der Waals surface area contributed by atoms with E-state index < -0.39 is 5.60 Å². The summed E-state index contributed by atoms with van der Waals surface area (Å²) in [6.45, 7) is 7.29. The quantitative estimate of drug-likeness (QED) is 0.731. The van der Waals surface area contributed by atoms with Gasteiger partial charge in [-0.3, -0.25) is 4.79 Å². The first-order valence-corrected chi connectivity index (χ1v) is 10.6. The largest absolute Gasteiger partial charge is 0.444 e. The molecule has 0 saturated carbocycles. The zero-order valence-corrected chi connectivity index (χ0v) is 18.2. The van der Waals surface area contributed by atoms with Crippen LogP contribution in [0.4, 0.5) is 4.79 Å². The monoisotopic (exact) mass is 423 g/mol. The van der Waals surface area contributed by atoms with Crippen LogP contribution in [0.5, 0.6) is 0 Å². The van der Waals surface area contributed by atoms with Gasteiger partial charge in [0.2, 0.25) is 0 Å². The Morgan fingerprint density at radius 3 is 2.13 bits per heavy atom. The van der Waals surface area contributed by atoms with Crippen molar-refractivity contribution in [3.05, 3.63) is 59.7 Å². The number of nitriles is 1. The van der Waals surface area contributed by atoms with Gasteiger partial charge in [-0.25, -0.2) is 4.79 Å². The van der Waals surface area contributed by atoms with Crippen molar-refractivity contribution in [2.75, 3.05) is 26.2 Å². The lowest BCUT2D eigenvalue weighted by molar-refractivity contribution is 0.0140. The van der Waals surface area contributed by atoms with Crippen LogP contribution in [0.15, 0.2) is 58.3 Å². The summed E-state index contributed by atoms with van der Waals surface area (Å²) in [5.74, 6) is -0.0728. The number of amides is 2. The SMILES string of the molecule is CC(C)(C)OC(=O)N1CCN(C(=O)c2ccccc2Sc2ccccc2C#N)CC1. The summed E-state index contributed by atoms with van der Waals surface area (Å²) in [4.78, 5) is 30.5. The van der Waals surface area contributed by atoms with E-state index in [1.807, 2.05) is 57.2 Å². The molecule has 0 radical (unpaired) electrons. The summed E-state index contributed by atoms with van der Waals surface area (Å²) in [6, 6.07) is 17.0. The third kappa shape index (κ3) is 5.33. The molecule has 30 heavy (non-hydrogen) atoms. The Balaban J connectivity index is 1.70. The summed E-state index contributed by atoms with van der Waals surface area (Å²) in [7, 11) is 0. The van der Waals surface area contributed by atoms with Crippen LogP contribution in [-0.2, 0) is 4.74 Å². The van der Waals surface area contributed by atoms with E-state index in [0.29, 0.717) is 37.3 Å². The maximum absolute atomic E-state index is 13.2. The van der Waals surface area contributed by atoms with Gasteiger partial charge in [0.05, 0.1) is 11.1 Å². The summed E-state index contributed by atoms with van der Waals surface area (Å²) >= 11 is 1.42. The molecule has 2 amide bonds. The fraction of sp³-hybridized carbons (Fsp3) is 0.348. The second kappa shape index (κ2) is 9.23. The Kier molecular flexibility index (Phi) is 6.68. The minimum absolute atomic E-state index is 0.0728. The Morgan fingerprint density at radius 2 is 1.50 bits per heavy atom. The van der Waals surface area contributed by atoms with Crippen LogP contribution in [0, 0.1) is 11.3 Å². The molecule has 0 spiro atoms. The van der Waals surface area contributed by atoms with Gasteiger partial charge in [-0.15, -0.1) is 0 Å². The predicted molar refractivity (Wildman–Crippen MR) is 115 cm³/mol. The van der Waals surface area contributed by atoms with Crippen molar-refractivity contribution in [3.63, 3.8) is 0 Å². The molecule has 2 aromatic carbocycles. The third-order valence-corrected chi connectivity index (χ3v) is 5.72. The Bertz CT molecular complexity index is 970. The molecule has 0 atom stereocenters. The molecule has 1 saturated heterocycles. The first-order chi connectivity index (χ1) is 14.3. The highest BCUT2D eigenvalue weighted by Gasteiger charge is 2.28. The standard InChI is InChI=1S/C23H25N3O3S/c1-23(2,3)29-22(28)26-14-12-25(13-15-26)21(27)18-9-5-7-11-20(18)30-19-10-6-4-8-17(19)16-24/h4-11H,12-15H2,1-3H3. The summed E-state index contributed by atoms with van der Waals surface area (Å²) in [5, 5.41) is 9.34. The van der Waals surface area contributed by atoms with Crippen molar-refractivity contribution in [2.45, 2.75) is 36.2 Å². The van der Waals surface area contributed by atoms with Gasteiger partial charge in [0, 0.05) is 36.0 Å². The Morgan fingerprint density at radius 1 is 0.933 bits per heavy atom. The highest BCUT2D eigenvalue weighted by molar-refractivity contribution is 7.99. The zero-order chi connectivity index (χ0) is 21.7. The van der Waals surface area contributed by atoms with Crippen LogP contribution >= 0.6 is 11.8 Å². The van der Waals surface area contributed by atoms with Crippen molar-refractivity contribution in [3.8, 4) is 6.07 Å². The maximum Gasteiger partial charge on any atom is 0.410 e. The molecule has 0 unspecified atom stereocenters. The highest BCUT2D eigenvalue weighted by atomic mass is 32.2. The molecule has 0 aliphatic carbocycles. The minimum atomic E-state index is -0.542. The van der Waals surface area contributed by atoms with Crippen molar-refractivity contribution >= 4 is 23.8 Å². The Labute approximate surface area is 181 Å². The minimum Gasteiger partial charge on any atom is -0.444 e. The highest BCUT2D eigenvalue weighted by Crippen LogP contribution is 2.33. The van der Waals surface area contributed by atoms with E-state index in [9.17, 15) is 14.9 Å². The van der Waals surface area contributed by atoms with Gasteiger partial charge in [-0.05, 0) is 45.0 Å². The van der Waals surface area contributed by atoms with Crippen LogP contribution in [0.3, 0.4) is 0 Å². The molecule has 156 valence electrons. The lowest BCUT2D eigenvalue weighted by atomic mass is 10.2. The average molecular weight is 424 g/mol. The van der Waals surface area contributed by atoms with Gasteiger partial charge >= 0.3 is 6.09 Å². The van der Waals surface area contributed by atoms with Gasteiger partial charge in [0.15, 0.2) is 0 Å². The molecule has 7 heteroatoms. The number of rotatable bonds is 3. The number of benzene rings is 2. The van der Waals surface area contributed by atoms with E-state index in [0.717, 1.165) is 9.79 Å². The third-order valence-electron chi connectivity index (χ3n) is 4.56. The van der Waals surface area contributed by atoms with Gasteiger partial charge < -0.3 is 14.5 Å². The molecule has 2 aromatic rings. The lowest BCUT2D eigenvalue weighted by Crippen LogP contribution is -2.51. The molecule has 1 aliphatic heterocycles. The molecular formula is C23H25N3O3S. The molecule has 6 nitrogen and oxygen atoms in total. The number of ether oxygens (including phenoxy) is 1. The van der Waals surface area contributed by atoms with E-state index in [4.69, 9.17) is 4.74 Å². The van der Waals surface area contributed by atoms with E-state index in [1.165, 1.54) is 11.8 Å². The zero-order valence-electron chi connectivity index (χ0n) is 17.4. The topological polar surface area (TPSA) is 73.6 Å². The lowest BCUT2D eigenvalue weighted by Gasteiger charge is -2.35. The van der Waals surface area contributed by atoms with E-state index >= 15 is 0 Å². The predicted octanol–water partition coefficient (Wildman–Crippen LogP) is 4.40. The van der Waals surface area contributed by atoms with E-state index in [1.54, 1.807) is 21.9 Å². The number of hydrogen-bond donors (Lipinski definition) is 0. The van der Waals surface area contributed by atoms with Crippen LogP contribution in [0.2, 0.25) is 0 Å². The average Bonchev–Trinajstić information content (AvgIpc) is 2.73. The molecule has 1 fully saturated rings. The number of nitrogens with zero attached hydrogens (tertiary/aromatic N) is 3. The normalized spacial score (nSPS) is 14.2. The molecule has 0 aromatic heterocycles. The summed E-state index contributed by atoms with van der Waals surface area (Å²) in [5.41, 5.74) is 0.636. The smallest absolute Gasteiger partial charge is 0.410 e. The molecule has 1 aliphatic rings. The number of hydrogen-bond acceptors (Lipinski definition) is 5. The van der Waals surface area contributed by atoms with Gasteiger partial charge in [0.25, 0.3) is 5.91 Å². The second-order valence-electron chi connectivity index (χ2n) is 7.97. The van der Waals surface area contributed by atoms with E-state index in [2.05, 4.69) is 6.07 Å². The fourth-order valence-corrected chi connectivity index (χ4v) is 4.11. The van der Waals surface area contributed by atoms with Crippen molar-refractivity contribution in [2.24, 2.45) is 0 Å². The molecule has 3 rings (SSSR count). The molecular weight excluding hydrogens is 398 g/mol. The van der Waals surface area contributed by atoms with Crippen molar-refractivity contribution < 1.29 is 14.3 Å². The number of carbonyl (C=O) groups excluding carboxylic acids is 2. The molecule has 1 heterocycles. The van der Waals surface area contributed by atoms with Crippen molar-refractivity contribution in [1.29, 1.82) is 5.26 Å². The molecule has 0 bridgehead atoms. The van der Waals surface area contributed by atoms with Crippen LogP contribution < -0.4 is 0 Å². The first kappa shape index (κ1) is 21.7.